The molecule has 0 aromatic heterocycles. The predicted octanol–water partition coefficient (Wildman–Crippen LogP) is 7.37. The number of benzene rings is 1. The highest BCUT2D eigenvalue weighted by Gasteiger charge is 2.34. The quantitative estimate of drug-likeness (QED) is 0.289. The molecule has 30 heavy (non-hydrogen) atoms. The summed E-state index contributed by atoms with van der Waals surface area (Å²) in [5, 5.41) is 0. The predicted molar refractivity (Wildman–Crippen MR) is 111 cm³/mol. The SMILES string of the molecule is Cc1c(OC/C=C/C2CCCC2)ccc(OCCCC2CCCC2)c1OC(F)(F)F. The molecule has 2 aliphatic carbocycles. The summed E-state index contributed by atoms with van der Waals surface area (Å²) in [5.74, 6) is 1.52. The first kappa shape index (κ1) is 22.8. The Bertz CT molecular complexity index is 688. The topological polar surface area (TPSA) is 27.7 Å². The minimum Gasteiger partial charge on any atom is -0.490 e. The fraction of sp³-hybridized carbons (Fsp3) is 0.667. The molecule has 1 aromatic rings. The van der Waals surface area contributed by atoms with Gasteiger partial charge in [-0.2, -0.15) is 0 Å². The summed E-state index contributed by atoms with van der Waals surface area (Å²) >= 11 is 0. The lowest BCUT2D eigenvalue weighted by molar-refractivity contribution is -0.275. The van der Waals surface area contributed by atoms with Gasteiger partial charge in [-0.25, -0.2) is 0 Å². The van der Waals surface area contributed by atoms with Crippen molar-refractivity contribution < 1.29 is 27.4 Å². The Kier molecular flexibility index (Phi) is 8.34. The van der Waals surface area contributed by atoms with E-state index in [1.165, 1.54) is 57.4 Å². The second-order valence-corrected chi connectivity index (χ2v) is 8.49. The lowest BCUT2D eigenvalue weighted by Gasteiger charge is -2.19. The molecule has 1 aromatic carbocycles. The van der Waals surface area contributed by atoms with E-state index in [2.05, 4.69) is 10.8 Å². The second-order valence-electron chi connectivity index (χ2n) is 8.49. The second kappa shape index (κ2) is 11.0. The first-order chi connectivity index (χ1) is 14.4. The van der Waals surface area contributed by atoms with Gasteiger partial charge in [0.05, 0.1) is 6.61 Å². The van der Waals surface area contributed by atoms with E-state index >= 15 is 0 Å². The van der Waals surface area contributed by atoms with Gasteiger partial charge in [0, 0.05) is 5.56 Å². The fourth-order valence-corrected chi connectivity index (χ4v) is 4.55. The molecule has 0 amide bonds. The van der Waals surface area contributed by atoms with E-state index in [1.54, 1.807) is 13.0 Å². The van der Waals surface area contributed by atoms with Gasteiger partial charge >= 0.3 is 6.36 Å². The van der Waals surface area contributed by atoms with Crippen LogP contribution in [-0.2, 0) is 0 Å². The van der Waals surface area contributed by atoms with E-state index in [4.69, 9.17) is 9.47 Å². The average molecular weight is 427 g/mol. The highest BCUT2D eigenvalue weighted by Crippen LogP contribution is 2.40. The minimum atomic E-state index is -4.78. The van der Waals surface area contributed by atoms with Crippen molar-refractivity contribution in [1.82, 2.24) is 0 Å². The molecule has 3 rings (SSSR count). The minimum absolute atomic E-state index is 0.116. The molecule has 6 heteroatoms. The molecular formula is C24H33F3O3. The Hall–Kier alpha value is -1.85. The van der Waals surface area contributed by atoms with Crippen LogP contribution in [0.4, 0.5) is 13.2 Å². The number of allylic oxidation sites excluding steroid dienone is 1. The van der Waals surface area contributed by atoms with Crippen LogP contribution in [0.5, 0.6) is 17.2 Å². The first-order valence-corrected chi connectivity index (χ1v) is 11.2. The van der Waals surface area contributed by atoms with Crippen molar-refractivity contribution in [3.05, 3.63) is 29.8 Å². The maximum atomic E-state index is 13.0. The van der Waals surface area contributed by atoms with Crippen LogP contribution in [-0.4, -0.2) is 19.6 Å². The summed E-state index contributed by atoms with van der Waals surface area (Å²) in [6.07, 6.45) is 11.2. The molecule has 0 heterocycles. The van der Waals surface area contributed by atoms with Crippen LogP contribution < -0.4 is 14.2 Å². The van der Waals surface area contributed by atoms with Gasteiger partial charge in [0.15, 0.2) is 11.5 Å². The molecule has 0 aliphatic heterocycles. The molecule has 0 bridgehead atoms. The number of rotatable bonds is 10. The number of alkyl halides is 3. The van der Waals surface area contributed by atoms with Gasteiger partial charge in [-0.15, -0.1) is 13.2 Å². The van der Waals surface area contributed by atoms with E-state index in [9.17, 15) is 13.2 Å². The van der Waals surface area contributed by atoms with Crippen LogP contribution >= 0.6 is 0 Å². The van der Waals surface area contributed by atoms with Crippen molar-refractivity contribution in [2.45, 2.75) is 77.5 Å². The fourth-order valence-electron chi connectivity index (χ4n) is 4.55. The Labute approximate surface area is 177 Å². The smallest absolute Gasteiger partial charge is 0.490 e. The van der Waals surface area contributed by atoms with Gasteiger partial charge in [-0.05, 0) is 56.6 Å². The van der Waals surface area contributed by atoms with Crippen LogP contribution in [0.15, 0.2) is 24.3 Å². The van der Waals surface area contributed by atoms with E-state index in [1.807, 2.05) is 6.08 Å². The summed E-state index contributed by atoms with van der Waals surface area (Å²) < 4.78 is 54.6. The molecule has 168 valence electrons. The van der Waals surface area contributed by atoms with Gasteiger partial charge in [0.2, 0.25) is 0 Å². The average Bonchev–Trinajstić information content (AvgIpc) is 3.39. The highest BCUT2D eigenvalue weighted by molar-refractivity contribution is 5.53. The Morgan fingerprint density at radius 2 is 1.63 bits per heavy atom. The number of ether oxygens (including phenoxy) is 3. The van der Waals surface area contributed by atoms with Crippen molar-refractivity contribution >= 4 is 0 Å². The van der Waals surface area contributed by atoms with Crippen molar-refractivity contribution in [2.75, 3.05) is 13.2 Å². The standard InChI is InChI=1S/C24H33F3O3/c1-18-21(28-16-6-12-19-8-2-3-9-19)14-15-22(23(18)30-24(25,26)27)29-17-7-13-20-10-4-5-11-20/h6,12,14-15,19-20H,2-5,7-11,13,16-17H2,1H3/b12-6+. The molecule has 0 spiro atoms. The molecule has 2 fully saturated rings. The van der Waals surface area contributed by atoms with Gasteiger partial charge < -0.3 is 14.2 Å². The normalized spacial score (nSPS) is 18.4. The third-order valence-corrected chi connectivity index (χ3v) is 6.17. The molecule has 0 unspecified atom stereocenters. The summed E-state index contributed by atoms with van der Waals surface area (Å²) in [7, 11) is 0. The molecule has 0 N–H and O–H groups in total. The molecule has 0 radical (unpaired) electrons. The lowest BCUT2D eigenvalue weighted by atomic mass is 10.0. The summed E-state index contributed by atoms with van der Waals surface area (Å²) in [6.45, 7) is 2.28. The van der Waals surface area contributed by atoms with Crippen LogP contribution in [0.25, 0.3) is 0 Å². The van der Waals surface area contributed by atoms with Crippen molar-refractivity contribution in [1.29, 1.82) is 0 Å². The largest absolute Gasteiger partial charge is 0.573 e. The van der Waals surface area contributed by atoms with Crippen molar-refractivity contribution in [3.8, 4) is 17.2 Å². The van der Waals surface area contributed by atoms with Crippen molar-refractivity contribution in [3.63, 3.8) is 0 Å². The summed E-state index contributed by atoms with van der Waals surface area (Å²) in [4.78, 5) is 0. The van der Waals surface area contributed by atoms with Gasteiger partial charge in [-0.3, -0.25) is 0 Å². The third kappa shape index (κ3) is 7.13. The third-order valence-electron chi connectivity index (χ3n) is 6.17. The zero-order chi connectivity index (χ0) is 21.4. The maximum absolute atomic E-state index is 13.0. The molecule has 0 saturated heterocycles. The van der Waals surface area contributed by atoms with E-state index < -0.39 is 6.36 Å². The molecule has 2 aliphatic rings. The first-order valence-electron chi connectivity index (χ1n) is 11.2. The number of hydrogen-bond acceptors (Lipinski definition) is 3. The zero-order valence-corrected chi connectivity index (χ0v) is 17.8. The molecule has 3 nitrogen and oxygen atoms in total. The number of halogens is 3. The summed E-state index contributed by atoms with van der Waals surface area (Å²) in [5.41, 5.74) is 0.301. The van der Waals surface area contributed by atoms with Gasteiger partial charge in [-0.1, -0.05) is 50.7 Å². The summed E-state index contributed by atoms with van der Waals surface area (Å²) in [6, 6.07) is 3.17. The van der Waals surface area contributed by atoms with Crippen LogP contribution in [0.2, 0.25) is 0 Å². The van der Waals surface area contributed by atoms with Crippen LogP contribution in [0.1, 0.15) is 69.8 Å². The highest BCUT2D eigenvalue weighted by atomic mass is 19.4. The number of hydrogen-bond donors (Lipinski definition) is 0. The van der Waals surface area contributed by atoms with E-state index in [0.717, 1.165) is 18.8 Å². The maximum Gasteiger partial charge on any atom is 0.573 e. The lowest BCUT2D eigenvalue weighted by Crippen LogP contribution is -2.19. The van der Waals surface area contributed by atoms with Gasteiger partial charge in [0.25, 0.3) is 0 Å². The Morgan fingerprint density at radius 1 is 0.967 bits per heavy atom. The Balaban J connectivity index is 1.59. The Morgan fingerprint density at radius 3 is 2.33 bits per heavy atom. The molecule has 0 atom stereocenters. The van der Waals surface area contributed by atoms with Crippen molar-refractivity contribution in [2.24, 2.45) is 11.8 Å². The van der Waals surface area contributed by atoms with Gasteiger partial charge in [0.1, 0.15) is 12.4 Å². The van der Waals surface area contributed by atoms with Crippen LogP contribution in [0.3, 0.4) is 0 Å². The monoisotopic (exact) mass is 426 g/mol. The van der Waals surface area contributed by atoms with E-state index in [0.29, 0.717) is 30.4 Å². The zero-order valence-electron chi connectivity index (χ0n) is 17.8. The molecule has 2 saturated carbocycles. The molecular weight excluding hydrogens is 393 g/mol. The van der Waals surface area contributed by atoms with E-state index in [-0.39, 0.29) is 11.5 Å². The van der Waals surface area contributed by atoms with Crippen LogP contribution in [0, 0.1) is 18.8 Å².